The molecule has 9 heteroatoms. The van der Waals surface area contributed by atoms with Crippen LogP contribution >= 0.6 is 0 Å². The number of hydrogen-bond acceptors (Lipinski definition) is 8. The molecule has 0 aromatic heterocycles. The molecule has 0 spiro atoms. The summed E-state index contributed by atoms with van der Waals surface area (Å²) in [5.41, 5.74) is -0.205. The Bertz CT molecular complexity index is 1200. The van der Waals surface area contributed by atoms with E-state index in [2.05, 4.69) is 122 Å². The molecule has 0 aromatic carbocycles. The summed E-state index contributed by atoms with van der Waals surface area (Å²) in [6.07, 6.45) is 11.5. The second-order valence-electron chi connectivity index (χ2n) is 19.7. The van der Waals surface area contributed by atoms with Gasteiger partial charge in [0, 0.05) is 50.3 Å². The molecular formula is C46H87N5O4. The standard InChI is InChI=1S/C46H87N5O4/c1-16-51(48-47-13)21-18-17-20-49(14)43-25-30(2)24-39(34(43)6)26-41-32(4)23-31(3)29-50(15)36(8)44(52)19-22-54-37(9)33(5)42(35(41)7)27-40-28-46(11,12)45(53)38(10)55-40/h18,21,30-36,38-45,52-53H,9,16-17,19-20,22-29H2,1-8,10-15H3/b21-18+,48-47?/t30?,31-,32+,33?,34?,35-,36?,38?,39?,40+,41+,42-,43?,44?,45+/m1/s1. The van der Waals surface area contributed by atoms with Gasteiger partial charge in [0.05, 0.1) is 43.8 Å². The van der Waals surface area contributed by atoms with Gasteiger partial charge >= 0.3 is 0 Å². The Balaban J connectivity index is 1.95. The third-order valence-corrected chi connectivity index (χ3v) is 14.8. The maximum absolute atomic E-state index is 11.1. The van der Waals surface area contributed by atoms with Gasteiger partial charge in [-0.05, 0) is 133 Å². The first kappa shape index (κ1) is 47.9. The molecule has 9 nitrogen and oxygen atoms in total. The van der Waals surface area contributed by atoms with Crippen molar-refractivity contribution in [3.63, 3.8) is 0 Å². The van der Waals surface area contributed by atoms with Crippen LogP contribution in [0.15, 0.2) is 35.0 Å². The van der Waals surface area contributed by atoms with Gasteiger partial charge in [0.15, 0.2) is 0 Å². The fraction of sp³-hybridized carbons (Fsp3) is 0.913. The lowest BCUT2D eigenvalue weighted by Crippen LogP contribution is -2.49. The van der Waals surface area contributed by atoms with Crippen LogP contribution in [-0.2, 0) is 9.47 Å². The maximum Gasteiger partial charge on any atom is 0.0919 e. The van der Waals surface area contributed by atoms with E-state index in [1.54, 1.807) is 7.05 Å². The average Bonchev–Trinajstić information content (AvgIpc) is 3.12. The maximum atomic E-state index is 11.1. The molecule has 0 radical (unpaired) electrons. The van der Waals surface area contributed by atoms with Crippen LogP contribution in [0.25, 0.3) is 0 Å². The number of likely N-dealkylation sites (N-methyl/N-ethyl adjacent to an activating group) is 1. The smallest absolute Gasteiger partial charge is 0.0919 e. The van der Waals surface area contributed by atoms with Crippen LogP contribution < -0.4 is 0 Å². The number of aliphatic hydroxyl groups excluding tert-OH is 2. The van der Waals surface area contributed by atoms with E-state index in [-0.39, 0.29) is 29.6 Å². The summed E-state index contributed by atoms with van der Waals surface area (Å²) < 4.78 is 13.1. The van der Waals surface area contributed by atoms with Crippen LogP contribution in [0.5, 0.6) is 0 Å². The summed E-state index contributed by atoms with van der Waals surface area (Å²) in [5.74, 6) is 5.21. The molecule has 3 aliphatic rings. The average molecular weight is 774 g/mol. The van der Waals surface area contributed by atoms with Gasteiger partial charge in [0.1, 0.15) is 0 Å². The van der Waals surface area contributed by atoms with Crippen LogP contribution in [0.2, 0.25) is 0 Å². The van der Waals surface area contributed by atoms with Gasteiger partial charge in [-0.3, -0.25) is 5.01 Å². The quantitative estimate of drug-likeness (QED) is 0.160. The van der Waals surface area contributed by atoms with Gasteiger partial charge in [0.25, 0.3) is 0 Å². The van der Waals surface area contributed by atoms with Gasteiger partial charge in [-0.25, -0.2) is 0 Å². The fourth-order valence-corrected chi connectivity index (χ4v) is 11.1. The fourth-order valence-electron chi connectivity index (χ4n) is 11.1. The van der Waals surface area contributed by atoms with Gasteiger partial charge < -0.3 is 29.5 Å². The summed E-state index contributed by atoms with van der Waals surface area (Å²) in [6, 6.07) is 0.618. The van der Waals surface area contributed by atoms with Crippen LogP contribution in [0.3, 0.4) is 0 Å². The topological polar surface area (TPSA) is 93.4 Å². The monoisotopic (exact) mass is 774 g/mol. The van der Waals surface area contributed by atoms with Crippen LogP contribution in [0.1, 0.15) is 128 Å². The number of rotatable bonds is 11. The van der Waals surface area contributed by atoms with Crippen molar-refractivity contribution in [3.8, 4) is 0 Å². The number of nitrogens with zero attached hydrogens (tertiary/aromatic N) is 5. The van der Waals surface area contributed by atoms with Crippen molar-refractivity contribution < 1.29 is 19.7 Å². The summed E-state index contributed by atoms with van der Waals surface area (Å²) in [6.45, 7) is 33.3. The molecule has 55 heavy (non-hydrogen) atoms. The van der Waals surface area contributed by atoms with Crippen LogP contribution in [0.4, 0.5) is 0 Å². The highest BCUT2D eigenvalue weighted by Gasteiger charge is 2.45. The molecule has 1 aliphatic carbocycles. The molecule has 8 unspecified atom stereocenters. The number of aliphatic hydroxyl groups is 2. The SMILES string of the molecule is C=C1OCCC(O)C(C)N(C)C[C@H](C)C[C@H](C)[C@H](CC2CC(C)CC(N(C)CC/C=C/N(CC)N=NC)C2C)[C@@H](C)[C@H](C[C@H]2CC(C)(C)[C@@H](O)C(C)O2)C1C. The van der Waals surface area contributed by atoms with Crippen molar-refractivity contribution >= 4 is 0 Å². The summed E-state index contributed by atoms with van der Waals surface area (Å²) in [4.78, 5) is 4.99. The molecule has 0 amide bonds. The Morgan fingerprint density at radius 3 is 2.29 bits per heavy atom. The van der Waals surface area contributed by atoms with Crippen molar-refractivity contribution in [3.05, 3.63) is 24.6 Å². The van der Waals surface area contributed by atoms with E-state index in [9.17, 15) is 10.2 Å². The molecule has 1 saturated carbocycles. The normalized spacial score (nSPS) is 40.6. The minimum absolute atomic E-state index is 0.0604. The van der Waals surface area contributed by atoms with E-state index in [0.29, 0.717) is 66.4 Å². The second-order valence-corrected chi connectivity index (χ2v) is 19.7. The Morgan fingerprint density at radius 2 is 1.65 bits per heavy atom. The zero-order valence-electron chi connectivity index (χ0n) is 38.0. The molecule has 15 atom stereocenters. The molecule has 2 aliphatic heterocycles. The zero-order chi connectivity index (χ0) is 41.2. The highest BCUT2D eigenvalue weighted by atomic mass is 16.5. The molecular weight excluding hydrogens is 687 g/mol. The molecule has 2 saturated heterocycles. The predicted molar refractivity (Wildman–Crippen MR) is 228 cm³/mol. The second kappa shape index (κ2) is 22.0. The number of ether oxygens (including phenoxy) is 2. The van der Waals surface area contributed by atoms with E-state index >= 15 is 0 Å². The molecule has 0 aromatic rings. The minimum atomic E-state index is -0.471. The van der Waals surface area contributed by atoms with Gasteiger partial charge in [-0.1, -0.05) is 73.3 Å². The van der Waals surface area contributed by atoms with Gasteiger partial charge in [-0.2, -0.15) is 5.11 Å². The molecule has 0 bridgehead atoms. The lowest BCUT2D eigenvalue weighted by atomic mass is 9.62. The first-order valence-electron chi connectivity index (χ1n) is 22.3. The van der Waals surface area contributed by atoms with Crippen molar-refractivity contribution in [1.82, 2.24) is 14.8 Å². The largest absolute Gasteiger partial charge is 0.498 e. The predicted octanol–water partition coefficient (Wildman–Crippen LogP) is 9.32. The van der Waals surface area contributed by atoms with Crippen LogP contribution in [0, 0.1) is 58.7 Å². The van der Waals surface area contributed by atoms with Crippen LogP contribution in [-0.4, -0.2) is 109 Å². The first-order valence-corrected chi connectivity index (χ1v) is 22.3. The third-order valence-electron chi connectivity index (χ3n) is 14.8. The first-order chi connectivity index (χ1) is 25.8. The lowest BCUT2D eigenvalue weighted by Gasteiger charge is -2.48. The van der Waals surface area contributed by atoms with Crippen molar-refractivity contribution in [1.29, 1.82) is 0 Å². The molecule has 2 N–H and O–H groups in total. The Labute approximate surface area is 338 Å². The summed E-state index contributed by atoms with van der Waals surface area (Å²) in [5, 5.41) is 32.2. The minimum Gasteiger partial charge on any atom is -0.498 e. The number of allylic oxidation sites excluding steroid dienone is 1. The van der Waals surface area contributed by atoms with E-state index in [1.165, 1.54) is 19.3 Å². The molecule has 3 fully saturated rings. The lowest BCUT2D eigenvalue weighted by molar-refractivity contribution is -0.172. The number of hydrogen-bond donors (Lipinski definition) is 2. The Kier molecular flexibility index (Phi) is 19.2. The van der Waals surface area contributed by atoms with E-state index in [0.717, 1.165) is 51.1 Å². The van der Waals surface area contributed by atoms with E-state index < -0.39 is 12.2 Å². The molecule has 320 valence electrons. The van der Waals surface area contributed by atoms with Crippen molar-refractivity contribution in [2.75, 3.05) is 47.4 Å². The van der Waals surface area contributed by atoms with Gasteiger partial charge in [-0.15, -0.1) is 0 Å². The zero-order valence-corrected chi connectivity index (χ0v) is 38.0. The molecule has 3 rings (SSSR count). The summed E-state index contributed by atoms with van der Waals surface area (Å²) in [7, 11) is 6.23. The van der Waals surface area contributed by atoms with Crippen molar-refractivity contribution in [2.45, 2.75) is 164 Å². The Hall–Kier alpha value is -1.52. The Morgan fingerprint density at radius 1 is 0.964 bits per heavy atom. The van der Waals surface area contributed by atoms with E-state index in [1.807, 2.05) is 11.9 Å². The van der Waals surface area contributed by atoms with Gasteiger partial charge in [0.2, 0.25) is 0 Å². The van der Waals surface area contributed by atoms with Crippen molar-refractivity contribution in [2.24, 2.45) is 69.0 Å². The highest BCUT2D eigenvalue weighted by Crippen LogP contribution is 2.48. The highest BCUT2D eigenvalue weighted by molar-refractivity contribution is 5.00. The molecule has 2 heterocycles. The van der Waals surface area contributed by atoms with E-state index in [4.69, 9.17) is 9.47 Å². The third kappa shape index (κ3) is 13.5. The summed E-state index contributed by atoms with van der Waals surface area (Å²) >= 11 is 0.